The van der Waals surface area contributed by atoms with Crippen LogP contribution in [0.4, 0.5) is 0 Å². The quantitative estimate of drug-likeness (QED) is 0.766. The van der Waals surface area contributed by atoms with Gasteiger partial charge in [-0.1, -0.05) is 13.8 Å². The van der Waals surface area contributed by atoms with E-state index in [1.54, 1.807) is 12.5 Å². The summed E-state index contributed by atoms with van der Waals surface area (Å²) in [6.07, 6.45) is 5.52. The van der Waals surface area contributed by atoms with E-state index in [-0.39, 0.29) is 5.92 Å². The zero-order valence-corrected chi connectivity index (χ0v) is 10.6. The summed E-state index contributed by atoms with van der Waals surface area (Å²) in [6.45, 7) is 9.52. The second-order valence-electron chi connectivity index (χ2n) is 5.05. The van der Waals surface area contributed by atoms with Gasteiger partial charge in [-0.2, -0.15) is 0 Å². The predicted octanol–water partition coefficient (Wildman–Crippen LogP) is 1.27. The van der Waals surface area contributed by atoms with E-state index in [0.717, 1.165) is 6.54 Å². The lowest BCUT2D eigenvalue weighted by molar-refractivity contribution is 0.0118. The number of hydrogen-bond acceptors (Lipinski definition) is 3. The van der Waals surface area contributed by atoms with Gasteiger partial charge in [0.2, 0.25) is 0 Å². The molecule has 1 heterocycles. The largest absolute Gasteiger partial charge is 0.389 e. The van der Waals surface area contributed by atoms with Crippen molar-refractivity contribution in [1.29, 1.82) is 0 Å². The molecule has 0 bridgehead atoms. The third-order valence-corrected chi connectivity index (χ3v) is 3.10. The van der Waals surface area contributed by atoms with Gasteiger partial charge in [0, 0.05) is 31.5 Å². The second kappa shape index (κ2) is 5.46. The van der Waals surface area contributed by atoms with Gasteiger partial charge in [-0.15, -0.1) is 0 Å². The van der Waals surface area contributed by atoms with E-state index in [1.807, 2.05) is 31.5 Å². The normalized spacial score (nSPS) is 17.4. The zero-order chi connectivity index (χ0) is 12.2. The molecule has 0 amide bonds. The molecule has 1 aromatic heterocycles. The van der Waals surface area contributed by atoms with Crippen LogP contribution in [-0.4, -0.2) is 32.8 Å². The maximum absolute atomic E-state index is 10.1. The van der Waals surface area contributed by atoms with Crippen molar-refractivity contribution in [3.63, 3.8) is 0 Å². The molecule has 0 radical (unpaired) electrons. The highest BCUT2D eigenvalue weighted by Gasteiger charge is 2.24. The van der Waals surface area contributed by atoms with Crippen molar-refractivity contribution in [2.45, 2.75) is 45.9 Å². The Morgan fingerprint density at radius 3 is 2.62 bits per heavy atom. The summed E-state index contributed by atoms with van der Waals surface area (Å²) in [4.78, 5) is 4.00. The van der Waals surface area contributed by atoms with E-state index < -0.39 is 5.60 Å². The van der Waals surface area contributed by atoms with Crippen molar-refractivity contribution in [1.82, 2.24) is 14.9 Å². The highest BCUT2D eigenvalue weighted by atomic mass is 16.3. The molecule has 16 heavy (non-hydrogen) atoms. The van der Waals surface area contributed by atoms with Crippen LogP contribution >= 0.6 is 0 Å². The summed E-state index contributed by atoms with van der Waals surface area (Å²) < 4.78 is 2.03. The lowest BCUT2D eigenvalue weighted by atomic mass is 9.92. The molecule has 4 nitrogen and oxygen atoms in total. The van der Waals surface area contributed by atoms with Crippen LogP contribution in [-0.2, 0) is 6.54 Å². The van der Waals surface area contributed by atoms with Crippen LogP contribution in [0, 0.1) is 5.92 Å². The van der Waals surface area contributed by atoms with Gasteiger partial charge in [0.25, 0.3) is 0 Å². The Balaban J connectivity index is 2.33. The van der Waals surface area contributed by atoms with E-state index >= 15 is 0 Å². The van der Waals surface area contributed by atoms with Gasteiger partial charge in [-0.3, -0.25) is 0 Å². The van der Waals surface area contributed by atoms with Crippen LogP contribution in [0.3, 0.4) is 0 Å². The average molecular weight is 225 g/mol. The lowest BCUT2D eigenvalue weighted by Crippen LogP contribution is -2.46. The number of nitrogens with one attached hydrogen (secondary N) is 1. The van der Waals surface area contributed by atoms with Crippen molar-refractivity contribution in [3.05, 3.63) is 18.7 Å². The number of aliphatic hydroxyl groups is 1. The third kappa shape index (κ3) is 3.94. The molecule has 0 aromatic carbocycles. The first-order valence-corrected chi connectivity index (χ1v) is 5.83. The molecule has 2 unspecified atom stereocenters. The molecule has 0 fully saturated rings. The van der Waals surface area contributed by atoms with Crippen LogP contribution in [0.5, 0.6) is 0 Å². The number of rotatable bonds is 6. The fourth-order valence-electron chi connectivity index (χ4n) is 1.36. The molecular formula is C12H23N3O. The first-order chi connectivity index (χ1) is 7.42. The topological polar surface area (TPSA) is 50.1 Å². The Bertz CT molecular complexity index is 293. The van der Waals surface area contributed by atoms with Crippen LogP contribution < -0.4 is 5.32 Å². The van der Waals surface area contributed by atoms with Crippen molar-refractivity contribution >= 4 is 0 Å². The molecule has 0 aliphatic heterocycles. The predicted molar refractivity (Wildman–Crippen MR) is 65.2 cm³/mol. The summed E-state index contributed by atoms with van der Waals surface area (Å²) in [5.41, 5.74) is -0.650. The van der Waals surface area contributed by atoms with E-state index in [1.165, 1.54) is 0 Å². The maximum Gasteiger partial charge on any atom is 0.0946 e. The highest BCUT2D eigenvalue weighted by Crippen LogP contribution is 2.14. The molecule has 0 aliphatic rings. The molecule has 4 heteroatoms. The number of nitrogens with zero attached hydrogens (tertiary/aromatic N) is 2. The Morgan fingerprint density at radius 1 is 1.44 bits per heavy atom. The van der Waals surface area contributed by atoms with Gasteiger partial charge >= 0.3 is 0 Å². The molecule has 92 valence electrons. The summed E-state index contributed by atoms with van der Waals surface area (Å²) >= 11 is 0. The molecule has 0 saturated heterocycles. The number of imidazole rings is 1. The van der Waals surface area contributed by atoms with Crippen molar-refractivity contribution in [2.75, 3.05) is 6.54 Å². The first kappa shape index (κ1) is 13.2. The Morgan fingerprint density at radius 2 is 2.12 bits per heavy atom. The molecule has 0 spiro atoms. The van der Waals surface area contributed by atoms with E-state index in [2.05, 4.69) is 17.2 Å². The van der Waals surface area contributed by atoms with Gasteiger partial charge in [-0.25, -0.2) is 4.98 Å². The number of aromatic nitrogens is 2. The smallest absolute Gasteiger partial charge is 0.0946 e. The molecule has 2 N–H and O–H groups in total. The average Bonchev–Trinajstić information content (AvgIpc) is 2.67. The Kier molecular flexibility index (Phi) is 4.50. The third-order valence-electron chi connectivity index (χ3n) is 3.10. The van der Waals surface area contributed by atoms with Gasteiger partial charge in [0.1, 0.15) is 0 Å². The fourth-order valence-corrected chi connectivity index (χ4v) is 1.36. The monoisotopic (exact) mass is 225 g/mol. The summed E-state index contributed by atoms with van der Waals surface area (Å²) in [6, 6.07) is 0.319. The molecule has 0 aliphatic carbocycles. The van der Waals surface area contributed by atoms with Crippen LogP contribution in [0.2, 0.25) is 0 Å². The van der Waals surface area contributed by atoms with Crippen molar-refractivity contribution in [3.8, 4) is 0 Å². The first-order valence-electron chi connectivity index (χ1n) is 5.83. The Labute approximate surface area is 97.7 Å². The Hall–Kier alpha value is -0.870. The van der Waals surface area contributed by atoms with Crippen molar-refractivity contribution < 1.29 is 5.11 Å². The van der Waals surface area contributed by atoms with E-state index in [0.29, 0.717) is 12.6 Å². The maximum atomic E-state index is 10.1. The minimum Gasteiger partial charge on any atom is -0.389 e. The van der Waals surface area contributed by atoms with E-state index in [4.69, 9.17) is 0 Å². The van der Waals surface area contributed by atoms with Crippen LogP contribution in [0.15, 0.2) is 18.7 Å². The highest BCUT2D eigenvalue weighted by molar-refractivity contribution is 4.81. The van der Waals surface area contributed by atoms with Gasteiger partial charge in [0.05, 0.1) is 11.9 Å². The van der Waals surface area contributed by atoms with Gasteiger partial charge in [-0.05, 0) is 19.8 Å². The van der Waals surface area contributed by atoms with Crippen molar-refractivity contribution in [2.24, 2.45) is 5.92 Å². The second-order valence-corrected chi connectivity index (χ2v) is 5.05. The molecule has 2 atom stereocenters. The SMILES string of the molecule is CC(Cn1ccnc1)NCC(C)(O)C(C)C. The minimum atomic E-state index is -0.650. The summed E-state index contributed by atoms with van der Waals surface area (Å²) in [5.74, 6) is 0.250. The lowest BCUT2D eigenvalue weighted by Gasteiger charge is -2.29. The molecular weight excluding hydrogens is 202 g/mol. The molecule has 1 aromatic rings. The minimum absolute atomic E-state index is 0.250. The standard InChI is InChI=1S/C12H23N3O/c1-10(2)12(4,16)8-14-11(3)7-15-6-5-13-9-15/h5-6,9-11,14,16H,7-8H2,1-4H3. The summed E-state index contributed by atoms with van der Waals surface area (Å²) in [7, 11) is 0. The fraction of sp³-hybridized carbons (Fsp3) is 0.750. The molecule has 0 saturated carbocycles. The molecule has 1 rings (SSSR count). The van der Waals surface area contributed by atoms with Gasteiger partial charge in [0.15, 0.2) is 0 Å². The van der Waals surface area contributed by atoms with Gasteiger partial charge < -0.3 is 15.0 Å². The van der Waals surface area contributed by atoms with Crippen LogP contribution in [0.25, 0.3) is 0 Å². The zero-order valence-electron chi connectivity index (χ0n) is 10.6. The van der Waals surface area contributed by atoms with Crippen LogP contribution in [0.1, 0.15) is 27.7 Å². The van der Waals surface area contributed by atoms with E-state index in [9.17, 15) is 5.11 Å². The summed E-state index contributed by atoms with van der Waals surface area (Å²) in [5, 5.41) is 13.4. The number of hydrogen-bond donors (Lipinski definition) is 2.